The Morgan fingerprint density at radius 3 is 2.66 bits per heavy atom. The standard InChI is InChI=1S/C19H20N4O6/c1-11-5-4-6-14(18(11)25)19(26)22-21-12(2)9-17(24)20-15-8-7-13(29-3)10-16(15)23(27)28/h4-8,10,25H,9H2,1-3H3,(H,20,24)(H,22,26)/b21-12+. The highest BCUT2D eigenvalue weighted by Crippen LogP contribution is 2.29. The van der Waals surface area contributed by atoms with Gasteiger partial charge in [0.2, 0.25) is 5.91 Å². The number of methoxy groups -OCH3 is 1. The van der Waals surface area contributed by atoms with Crippen LogP contribution in [-0.4, -0.2) is 34.7 Å². The molecule has 0 unspecified atom stereocenters. The van der Waals surface area contributed by atoms with Crippen molar-refractivity contribution in [3.05, 3.63) is 57.6 Å². The number of nitro groups is 1. The summed E-state index contributed by atoms with van der Waals surface area (Å²) in [5, 5.41) is 27.3. The maximum Gasteiger partial charge on any atom is 0.296 e. The zero-order valence-electron chi connectivity index (χ0n) is 16.1. The summed E-state index contributed by atoms with van der Waals surface area (Å²) < 4.78 is 4.94. The van der Waals surface area contributed by atoms with Gasteiger partial charge in [-0.25, -0.2) is 5.43 Å². The third kappa shape index (κ3) is 5.51. The van der Waals surface area contributed by atoms with Crippen molar-refractivity contribution in [3.8, 4) is 11.5 Å². The summed E-state index contributed by atoms with van der Waals surface area (Å²) in [4.78, 5) is 34.8. The zero-order chi connectivity index (χ0) is 21.6. The van der Waals surface area contributed by atoms with Gasteiger partial charge in [-0.05, 0) is 37.6 Å². The minimum absolute atomic E-state index is 0.0160. The number of hydrogen-bond acceptors (Lipinski definition) is 7. The topological polar surface area (TPSA) is 143 Å². The highest BCUT2D eigenvalue weighted by atomic mass is 16.6. The number of anilines is 1. The minimum atomic E-state index is -0.631. The van der Waals surface area contributed by atoms with E-state index in [4.69, 9.17) is 4.74 Å². The average molecular weight is 400 g/mol. The molecule has 152 valence electrons. The highest BCUT2D eigenvalue weighted by Gasteiger charge is 2.18. The molecule has 0 saturated heterocycles. The fourth-order valence-electron chi connectivity index (χ4n) is 2.41. The Kier molecular flexibility index (Phi) is 6.85. The maximum absolute atomic E-state index is 12.2. The first kappa shape index (κ1) is 21.4. The van der Waals surface area contributed by atoms with Gasteiger partial charge >= 0.3 is 0 Å². The number of carbonyl (C=O) groups is 2. The Balaban J connectivity index is 2.03. The first-order valence-electron chi connectivity index (χ1n) is 8.47. The third-order valence-corrected chi connectivity index (χ3v) is 3.92. The van der Waals surface area contributed by atoms with Crippen molar-refractivity contribution in [2.45, 2.75) is 20.3 Å². The van der Waals surface area contributed by atoms with Crippen LogP contribution in [0.3, 0.4) is 0 Å². The molecule has 0 aromatic heterocycles. The number of rotatable bonds is 7. The molecular weight excluding hydrogens is 380 g/mol. The van der Waals surface area contributed by atoms with Crippen LogP contribution in [0.15, 0.2) is 41.5 Å². The SMILES string of the molecule is COc1ccc(NC(=O)C/C(C)=N/NC(=O)c2cccc(C)c2O)c([N+](=O)[O-])c1. The van der Waals surface area contributed by atoms with E-state index in [0.29, 0.717) is 5.56 Å². The monoisotopic (exact) mass is 400 g/mol. The van der Waals surface area contributed by atoms with E-state index < -0.39 is 16.7 Å². The summed E-state index contributed by atoms with van der Waals surface area (Å²) in [5.74, 6) is -1.04. The molecule has 2 aromatic rings. The summed E-state index contributed by atoms with van der Waals surface area (Å²) in [5.41, 5.74) is 2.83. The van der Waals surface area contributed by atoms with Crippen LogP contribution in [0.5, 0.6) is 11.5 Å². The van der Waals surface area contributed by atoms with Crippen LogP contribution in [0.1, 0.15) is 29.3 Å². The number of benzene rings is 2. The lowest BCUT2D eigenvalue weighted by atomic mass is 10.1. The van der Waals surface area contributed by atoms with Crippen LogP contribution >= 0.6 is 0 Å². The van der Waals surface area contributed by atoms with Crippen molar-refractivity contribution in [2.75, 3.05) is 12.4 Å². The van der Waals surface area contributed by atoms with Crippen LogP contribution < -0.4 is 15.5 Å². The van der Waals surface area contributed by atoms with Gasteiger partial charge in [-0.2, -0.15) is 5.10 Å². The summed E-state index contributed by atoms with van der Waals surface area (Å²) in [6.45, 7) is 3.17. The van der Waals surface area contributed by atoms with E-state index in [1.165, 1.54) is 38.3 Å². The summed E-state index contributed by atoms with van der Waals surface area (Å²) in [7, 11) is 1.38. The highest BCUT2D eigenvalue weighted by molar-refractivity contribution is 6.07. The van der Waals surface area contributed by atoms with Crippen LogP contribution in [0.4, 0.5) is 11.4 Å². The molecule has 0 saturated carbocycles. The lowest BCUT2D eigenvalue weighted by molar-refractivity contribution is -0.384. The molecule has 0 spiro atoms. The van der Waals surface area contributed by atoms with E-state index in [9.17, 15) is 24.8 Å². The number of hydrazone groups is 1. The second kappa shape index (κ2) is 9.31. The van der Waals surface area contributed by atoms with E-state index in [0.717, 1.165) is 0 Å². The number of nitrogens with one attached hydrogen (secondary N) is 2. The lowest BCUT2D eigenvalue weighted by Gasteiger charge is -2.08. The van der Waals surface area contributed by atoms with Gasteiger partial charge in [-0.1, -0.05) is 12.1 Å². The molecule has 29 heavy (non-hydrogen) atoms. The molecule has 2 rings (SSSR count). The fourth-order valence-corrected chi connectivity index (χ4v) is 2.41. The number of carbonyl (C=O) groups excluding carboxylic acids is 2. The van der Waals surface area contributed by atoms with Crippen LogP contribution in [0.2, 0.25) is 0 Å². The van der Waals surface area contributed by atoms with Gasteiger partial charge in [0.15, 0.2) is 0 Å². The molecule has 3 N–H and O–H groups in total. The van der Waals surface area contributed by atoms with Crippen LogP contribution in [0.25, 0.3) is 0 Å². The zero-order valence-corrected chi connectivity index (χ0v) is 16.1. The molecule has 2 aromatic carbocycles. The smallest absolute Gasteiger partial charge is 0.296 e. The molecular formula is C19H20N4O6. The number of amides is 2. The van der Waals surface area contributed by atoms with Gasteiger partial charge in [0.05, 0.1) is 30.1 Å². The Morgan fingerprint density at radius 2 is 2.00 bits per heavy atom. The number of aryl methyl sites for hydroxylation is 1. The van der Waals surface area contributed by atoms with Crippen molar-refractivity contribution < 1.29 is 24.4 Å². The largest absolute Gasteiger partial charge is 0.507 e. The molecule has 0 fully saturated rings. The number of aromatic hydroxyl groups is 1. The maximum atomic E-state index is 12.2. The number of phenolic OH excluding ortho intramolecular Hbond substituents is 1. The quantitative estimate of drug-likeness (QED) is 0.370. The van der Waals surface area contributed by atoms with Crippen molar-refractivity contribution in [3.63, 3.8) is 0 Å². The van der Waals surface area contributed by atoms with Gasteiger partial charge in [-0.15, -0.1) is 0 Å². The van der Waals surface area contributed by atoms with E-state index in [-0.39, 0.29) is 40.6 Å². The van der Waals surface area contributed by atoms with Gasteiger partial charge < -0.3 is 15.2 Å². The fraction of sp³-hybridized carbons (Fsp3) is 0.211. The first-order chi connectivity index (χ1) is 13.7. The molecule has 2 amide bonds. The summed E-state index contributed by atoms with van der Waals surface area (Å²) in [6.07, 6.45) is -0.205. The van der Waals surface area contributed by atoms with Gasteiger partial charge in [0.25, 0.3) is 11.6 Å². The van der Waals surface area contributed by atoms with E-state index in [2.05, 4.69) is 15.8 Å². The Morgan fingerprint density at radius 1 is 1.28 bits per heavy atom. The van der Waals surface area contributed by atoms with Gasteiger partial charge in [0, 0.05) is 5.71 Å². The molecule has 10 nitrogen and oxygen atoms in total. The van der Waals surface area contributed by atoms with Crippen molar-refractivity contribution >= 4 is 28.9 Å². The van der Waals surface area contributed by atoms with E-state index in [1.54, 1.807) is 19.1 Å². The van der Waals surface area contributed by atoms with E-state index >= 15 is 0 Å². The molecule has 0 aliphatic rings. The van der Waals surface area contributed by atoms with Crippen LogP contribution in [0, 0.1) is 17.0 Å². The second-order valence-electron chi connectivity index (χ2n) is 6.12. The molecule has 10 heteroatoms. The number of nitrogens with zero attached hydrogens (tertiary/aromatic N) is 2. The molecule has 0 bridgehead atoms. The van der Waals surface area contributed by atoms with Gasteiger partial charge in [0.1, 0.15) is 17.2 Å². The Hall–Kier alpha value is -3.95. The molecule has 0 radical (unpaired) electrons. The minimum Gasteiger partial charge on any atom is -0.507 e. The number of hydrogen-bond donors (Lipinski definition) is 3. The molecule has 0 aliphatic carbocycles. The number of nitro benzene ring substituents is 1. The van der Waals surface area contributed by atoms with E-state index in [1.807, 2.05) is 0 Å². The Labute approximate surface area is 166 Å². The molecule has 0 heterocycles. The van der Waals surface area contributed by atoms with Crippen molar-refractivity contribution in [1.29, 1.82) is 0 Å². The molecule has 0 atom stereocenters. The van der Waals surface area contributed by atoms with Gasteiger partial charge in [-0.3, -0.25) is 19.7 Å². The summed E-state index contributed by atoms with van der Waals surface area (Å²) >= 11 is 0. The molecule has 0 aliphatic heterocycles. The third-order valence-electron chi connectivity index (χ3n) is 3.92. The van der Waals surface area contributed by atoms with Crippen LogP contribution in [-0.2, 0) is 4.79 Å². The number of phenols is 1. The average Bonchev–Trinajstić information content (AvgIpc) is 2.68. The number of para-hydroxylation sites is 1. The lowest BCUT2D eigenvalue weighted by Crippen LogP contribution is -2.22. The Bertz CT molecular complexity index is 987. The summed E-state index contributed by atoms with van der Waals surface area (Å²) in [6, 6.07) is 8.77. The van der Waals surface area contributed by atoms with Crippen molar-refractivity contribution in [1.82, 2.24) is 5.43 Å². The predicted octanol–water partition coefficient (Wildman–Crippen LogP) is 2.75. The first-order valence-corrected chi connectivity index (χ1v) is 8.47. The second-order valence-corrected chi connectivity index (χ2v) is 6.12. The van der Waals surface area contributed by atoms with Crippen molar-refractivity contribution in [2.24, 2.45) is 5.10 Å². The number of ether oxygens (including phenoxy) is 1. The normalized spacial score (nSPS) is 10.9. The predicted molar refractivity (Wildman–Crippen MR) is 106 cm³/mol.